The second-order valence-corrected chi connectivity index (χ2v) is 6.38. The van der Waals surface area contributed by atoms with Crippen LogP contribution in [0.25, 0.3) is 0 Å². The quantitative estimate of drug-likeness (QED) is 0.649. The second kappa shape index (κ2) is 7.31. The highest BCUT2D eigenvalue weighted by Gasteiger charge is 2.30. The van der Waals surface area contributed by atoms with Crippen LogP contribution < -0.4 is 10.6 Å². The first kappa shape index (κ1) is 17.3. The zero-order valence-corrected chi connectivity index (χ0v) is 13.2. The number of aliphatic hydroxyl groups is 1. The number of urea groups is 1. The molecule has 5 nitrogen and oxygen atoms in total. The number of phenolic OH excluding ortho intramolecular Hbond substituents is 1. The van der Waals surface area contributed by atoms with Crippen molar-refractivity contribution in [2.75, 3.05) is 6.54 Å². The Balaban J connectivity index is 2.39. The highest BCUT2D eigenvalue weighted by atomic mass is 16.3. The van der Waals surface area contributed by atoms with Crippen molar-refractivity contribution < 1.29 is 15.0 Å². The molecule has 0 spiro atoms. The highest BCUT2D eigenvalue weighted by Crippen LogP contribution is 2.24. The molecule has 2 amide bonds. The highest BCUT2D eigenvalue weighted by molar-refractivity contribution is 5.73. The molecule has 1 aromatic carbocycles. The Kier molecular flexibility index (Phi) is 6.03. The third kappa shape index (κ3) is 5.63. The average molecular weight is 294 g/mol. The van der Waals surface area contributed by atoms with Gasteiger partial charge in [-0.1, -0.05) is 39.8 Å². The molecule has 0 heterocycles. The summed E-state index contributed by atoms with van der Waals surface area (Å²) in [5.41, 5.74) is 0.522. The summed E-state index contributed by atoms with van der Waals surface area (Å²) in [5, 5.41) is 24.8. The number of amides is 2. The first-order valence-corrected chi connectivity index (χ1v) is 7.20. The van der Waals surface area contributed by atoms with E-state index in [0.29, 0.717) is 13.1 Å². The van der Waals surface area contributed by atoms with Crippen molar-refractivity contribution in [3.05, 3.63) is 29.8 Å². The number of carbonyl (C=O) groups excluding carboxylic acids is 1. The Hall–Kier alpha value is -1.75. The van der Waals surface area contributed by atoms with E-state index in [4.69, 9.17) is 0 Å². The predicted molar refractivity (Wildman–Crippen MR) is 83.0 cm³/mol. The molecule has 0 aromatic heterocycles. The Labute approximate surface area is 126 Å². The van der Waals surface area contributed by atoms with E-state index >= 15 is 0 Å². The monoisotopic (exact) mass is 294 g/mol. The summed E-state index contributed by atoms with van der Waals surface area (Å²) in [4.78, 5) is 11.8. The molecule has 1 rings (SSSR count). The molecule has 0 saturated carbocycles. The van der Waals surface area contributed by atoms with E-state index in [1.54, 1.807) is 24.3 Å². The van der Waals surface area contributed by atoms with E-state index in [-0.39, 0.29) is 23.1 Å². The maximum Gasteiger partial charge on any atom is 0.315 e. The molecular weight excluding hydrogens is 268 g/mol. The fourth-order valence-electron chi connectivity index (χ4n) is 2.17. The van der Waals surface area contributed by atoms with Gasteiger partial charge in [0.1, 0.15) is 5.75 Å². The van der Waals surface area contributed by atoms with Crippen LogP contribution in [0.2, 0.25) is 0 Å². The summed E-state index contributed by atoms with van der Waals surface area (Å²) in [5.74, 6) is 0.342. The van der Waals surface area contributed by atoms with Gasteiger partial charge in [0.15, 0.2) is 0 Å². The van der Waals surface area contributed by atoms with Crippen LogP contribution in [0.15, 0.2) is 24.3 Å². The summed E-state index contributed by atoms with van der Waals surface area (Å²) in [6.45, 7) is 8.55. The smallest absolute Gasteiger partial charge is 0.315 e. The number of hydrogen-bond donors (Lipinski definition) is 4. The van der Waals surface area contributed by atoms with Crippen molar-refractivity contribution in [1.82, 2.24) is 10.6 Å². The molecule has 0 aliphatic rings. The minimum Gasteiger partial charge on any atom is -0.508 e. The van der Waals surface area contributed by atoms with Crippen molar-refractivity contribution in [3.8, 4) is 5.75 Å². The van der Waals surface area contributed by atoms with Crippen molar-refractivity contribution in [2.45, 2.75) is 40.3 Å². The van der Waals surface area contributed by atoms with Gasteiger partial charge >= 0.3 is 6.03 Å². The lowest BCUT2D eigenvalue weighted by Gasteiger charge is -2.33. The number of aromatic hydroxyl groups is 1. The van der Waals surface area contributed by atoms with Crippen molar-refractivity contribution in [2.24, 2.45) is 11.3 Å². The lowest BCUT2D eigenvalue weighted by atomic mass is 9.81. The average Bonchev–Trinajstić information content (AvgIpc) is 2.43. The van der Waals surface area contributed by atoms with Gasteiger partial charge in [-0.25, -0.2) is 4.79 Å². The molecule has 1 aromatic rings. The molecular formula is C16H26N2O3. The van der Waals surface area contributed by atoms with Crippen molar-refractivity contribution in [3.63, 3.8) is 0 Å². The van der Waals surface area contributed by atoms with E-state index in [1.165, 1.54) is 0 Å². The molecule has 0 aliphatic carbocycles. The lowest BCUT2D eigenvalue weighted by molar-refractivity contribution is 0.0151. The number of hydrogen-bond acceptors (Lipinski definition) is 3. The second-order valence-electron chi connectivity index (χ2n) is 6.38. The number of phenols is 1. The van der Waals surface area contributed by atoms with Crippen LogP contribution >= 0.6 is 0 Å². The summed E-state index contributed by atoms with van der Waals surface area (Å²) in [6.07, 6.45) is -0.477. The Morgan fingerprint density at radius 2 is 1.76 bits per heavy atom. The van der Waals surface area contributed by atoms with Gasteiger partial charge in [0.2, 0.25) is 0 Å². The number of aliphatic hydroxyl groups excluding tert-OH is 1. The number of rotatable bonds is 6. The summed E-state index contributed by atoms with van der Waals surface area (Å²) < 4.78 is 0. The van der Waals surface area contributed by atoms with Gasteiger partial charge in [-0.15, -0.1) is 0 Å². The van der Waals surface area contributed by atoms with Gasteiger partial charge in [0, 0.05) is 18.5 Å². The third-order valence-corrected chi connectivity index (χ3v) is 3.53. The number of carbonyl (C=O) groups is 1. The van der Waals surface area contributed by atoms with E-state index in [2.05, 4.69) is 10.6 Å². The molecule has 0 bridgehead atoms. The van der Waals surface area contributed by atoms with E-state index in [9.17, 15) is 15.0 Å². The molecule has 0 radical (unpaired) electrons. The molecule has 0 aliphatic heterocycles. The van der Waals surface area contributed by atoms with Gasteiger partial charge < -0.3 is 20.8 Å². The topological polar surface area (TPSA) is 81.6 Å². The number of benzene rings is 1. The molecule has 0 fully saturated rings. The molecule has 1 atom stereocenters. The SMILES string of the molecule is CC(C)C(O)C(C)(C)CNC(=O)NCc1ccc(O)cc1. The molecule has 118 valence electrons. The molecule has 4 N–H and O–H groups in total. The maximum absolute atomic E-state index is 11.8. The Bertz CT molecular complexity index is 455. The van der Waals surface area contributed by atoms with Crippen LogP contribution in [-0.4, -0.2) is 28.9 Å². The van der Waals surface area contributed by atoms with E-state index in [1.807, 2.05) is 27.7 Å². The van der Waals surface area contributed by atoms with Gasteiger partial charge in [0.25, 0.3) is 0 Å². The van der Waals surface area contributed by atoms with Gasteiger partial charge in [-0.3, -0.25) is 0 Å². The van der Waals surface area contributed by atoms with E-state index < -0.39 is 6.10 Å². The Morgan fingerprint density at radius 3 is 2.29 bits per heavy atom. The van der Waals surface area contributed by atoms with E-state index in [0.717, 1.165) is 5.56 Å². The molecule has 0 saturated heterocycles. The van der Waals surface area contributed by atoms with Crippen LogP contribution in [0, 0.1) is 11.3 Å². The van der Waals surface area contributed by atoms with Crippen LogP contribution in [0.3, 0.4) is 0 Å². The minimum atomic E-state index is -0.477. The van der Waals surface area contributed by atoms with Crippen molar-refractivity contribution >= 4 is 6.03 Å². The van der Waals surface area contributed by atoms with Gasteiger partial charge in [0.05, 0.1) is 6.10 Å². The lowest BCUT2D eigenvalue weighted by Crippen LogP contribution is -2.46. The molecule has 1 unspecified atom stereocenters. The van der Waals surface area contributed by atoms with Gasteiger partial charge in [-0.05, 0) is 23.6 Å². The molecule has 21 heavy (non-hydrogen) atoms. The first-order valence-electron chi connectivity index (χ1n) is 7.20. The van der Waals surface area contributed by atoms with Crippen LogP contribution in [0.4, 0.5) is 4.79 Å². The summed E-state index contributed by atoms with van der Waals surface area (Å²) in [7, 11) is 0. The fraction of sp³-hybridized carbons (Fsp3) is 0.562. The van der Waals surface area contributed by atoms with Gasteiger partial charge in [-0.2, -0.15) is 0 Å². The van der Waals surface area contributed by atoms with Crippen LogP contribution in [0.1, 0.15) is 33.3 Å². The zero-order chi connectivity index (χ0) is 16.0. The predicted octanol–water partition coefficient (Wildman–Crippen LogP) is 2.23. The standard InChI is InChI=1S/C16H26N2O3/c1-11(2)14(20)16(3,4)10-18-15(21)17-9-12-5-7-13(19)8-6-12/h5-8,11,14,19-20H,9-10H2,1-4H3,(H2,17,18,21). The maximum atomic E-state index is 11.8. The molecule has 5 heteroatoms. The Morgan fingerprint density at radius 1 is 1.19 bits per heavy atom. The largest absolute Gasteiger partial charge is 0.508 e. The first-order chi connectivity index (χ1) is 9.72. The normalized spacial score (nSPS) is 13.0. The number of nitrogens with one attached hydrogen (secondary N) is 2. The zero-order valence-electron chi connectivity index (χ0n) is 13.2. The third-order valence-electron chi connectivity index (χ3n) is 3.53. The fourth-order valence-corrected chi connectivity index (χ4v) is 2.17. The van der Waals surface area contributed by atoms with Crippen molar-refractivity contribution in [1.29, 1.82) is 0 Å². The summed E-state index contributed by atoms with van der Waals surface area (Å²) in [6, 6.07) is 6.39. The van der Waals surface area contributed by atoms with Crippen LogP contribution in [-0.2, 0) is 6.54 Å². The van der Waals surface area contributed by atoms with Crippen LogP contribution in [0.5, 0.6) is 5.75 Å². The summed E-state index contributed by atoms with van der Waals surface area (Å²) >= 11 is 0. The minimum absolute atomic E-state index is 0.141.